The van der Waals surface area contributed by atoms with Gasteiger partial charge in [-0.15, -0.1) is 32.9 Å². The predicted molar refractivity (Wildman–Crippen MR) is 387 cm³/mol. The molecule has 5 unspecified atom stereocenters. The molecular weight excluding hydrogens is 1430 g/mol. The molecule has 34 heteroatoms. The van der Waals surface area contributed by atoms with E-state index in [1.807, 2.05) is 0 Å². The van der Waals surface area contributed by atoms with Crippen molar-refractivity contribution in [3.8, 4) is 0 Å². The van der Waals surface area contributed by atoms with Gasteiger partial charge in [-0.1, -0.05) is 30.4 Å². The summed E-state index contributed by atoms with van der Waals surface area (Å²) >= 11 is 19.8. The normalized spacial score (nSPS) is 14.1. The van der Waals surface area contributed by atoms with Crippen molar-refractivity contribution in [3.05, 3.63) is 63.3 Å². The molecule has 27 nitrogen and oxygen atoms in total. The Bertz CT molecular complexity index is 1910. The molecule has 1 aliphatic heterocycles. The Kier molecular flexibility index (Phi) is 65.7. The monoisotopic (exact) mass is 1530 g/mol. The van der Waals surface area contributed by atoms with Crippen LogP contribution in [0.3, 0.4) is 0 Å². The van der Waals surface area contributed by atoms with Crippen LogP contribution >= 0.6 is 85.8 Å². The minimum absolute atomic E-state index is 0.0122. The summed E-state index contributed by atoms with van der Waals surface area (Å²) in [5, 5.41) is 40.2. The summed E-state index contributed by atoms with van der Waals surface area (Å²) < 4.78 is 79.4. The fraction of sp³-hybridized carbons (Fsp3) is 0.719. The molecule has 4 N–H and O–H groups in total. The van der Waals surface area contributed by atoms with Gasteiger partial charge in [-0.3, -0.25) is 38.4 Å². The smallest absolute Gasteiger partial charge is 0.308 e. The number of carbonyl (C=O) groups is 8. The van der Waals surface area contributed by atoms with E-state index in [1.54, 1.807) is 24.3 Å². The highest BCUT2D eigenvalue weighted by molar-refractivity contribution is 7.99. The third kappa shape index (κ3) is 61.2. The van der Waals surface area contributed by atoms with Crippen LogP contribution in [0.5, 0.6) is 0 Å². The Hall–Kier alpha value is -3.53. The maximum absolute atomic E-state index is 12.9. The zero-order chi connectivity index (χ0) is 73.3. The summed E-state index contributed by atoms with van der Waals surface area (Å²) in [6, 6.07) is 0. The van der Waals surface area contributed by atoms with E-state index in [4.69, 9.17) is 71.1 Å². The van der Waals surface area contributed by atoms with Crippen LogP contribution in [0.25, 0.3) is 0 Å². The Morgan fingerprint density at radius 1 is 0.378 bits per heavy atom. The van der Waals surface area contributed by atoms with Gasteiger partial charge < -0.3 is 91.5 Å². The molecule has 0 bridgehead atoms. The fourth-order valence-electron chi connectivity index (χ4n) is 6.60. The zero-order valence-electron chi connectivity index (χ0n) is 56.1. The van der Waals surface area contributed by atoms with E-state index in [0.717, 1.165) is 13.2 Å². The molecule has 0 aliphatic carbocycles. The van der Waals surface area contributed by atoms with Gasteiger partial charge in [0.15, 0.2) is 0 Å². The van der Waals surface area contributed by atoms with Crippen LogP contribution in [-0.2, 0) is 109 Å². The lowest BCUT2D eigenvalue weighted by Crippen LogP contribution is -2.44. The molecule has 5 atom stereocenters. The van der Waals surface area contributed by atoms with Crippen molar-refractivity contribution in [2.24, 2.45) is 10.8 Å². The van der Waals surface area contributed by atoms with E-state index in [1.165, 1.54) is 41.4 Å². The molecule has 1 fully saturated rings. The molecule has 0 amide bonds. The van der Waals surface area contributed by atoms with Gasteiger partial charge in [-0.05, 0) is 0 Å². The summed E-state index contributed by atoms with van der Waals surface area (Å²) in [6.45, 7) is 18.2. The Morgan fingerprint density at radius 2 is 0.612 bits per heavy atom. The molecule has 1 saturated heterocycles. The van der Waals surface area contributed by atoms with Crippen molar-refractivity contribution < 1.29 is 130 Å². The van der Waals surface area contributed by atoms with E-state index >= 15 is 0 Å². The summed E-state index contributed by atoms with van der Waals surface area (Å²) in [7, 11) is 0. The zero-order valence-corrected chi connectivity index (χ0v) is 62.1. The number of thiol groups is 4. The van der Waals surface area contributed by atoms with Crippen LogP contribution in [-0.4, -0.2) is 295 Å². The van der Waals surface area contributed by atoms with Gasteiger partial charge in [-0.2, -0.15) is 85.8 Å². The number of ether oxygens (including phenoxy) is 15. The van der Waals surface area contributed by atoms with Gasteiger partial charge in [0.05, 0.1) is 156 Å². The third-order valence-electron chi connectivity index (χ3n) is 11.7. The molecule has 98 heavy (non-hydrogen) atoms. The summed E-state index contributed by atoms with van der Waals surface area (Å²) in [4.78, 5) is 98.8. The van der Waals surface area contributed by atoms with E-state index < -0.39 is 109 Å². The second-order valence-electron chi connectivity index (χ2n) is 21.2. The van der Waals surface area contributed by atoms with Crippen molar-refractivity contribution in [2.45, 2.75) is 81.9 Å². The number of epoxide rings is 1. The molecule has 566 valence electrons. The highest BCUT2D eigenvalue weighted by Crippen LogP contribution is 2.25. The maximum atomic E-state index is 12.9. The largest absolute Gasteiger partial charge is 0.465 e. The van der Waals surface area contributed by atoms with Crippen LogP contribution in [0.2, 0.25) is 0 Å². The second-order valence-corrected chi connectivity index (χ2v) is 26.4. The van der Waals surface area contributed by atoms with Gasteiger partial charge in [0, 0.05) is 57.5 Å². The minimum atomic E-state index is -1.53. The van der Waals surface area contributed by atoms with Gasteiger partial charge in [0.1, 0.15) is 75.9 Å². The average molecular weight is 1530 g/mol. The van der Waals surface area contributed by atoms with Gasteiger partial charge in [0.2, 0.25) is 0 Å². The van der Waals surface area contributed by atoms with Crippen molar-refractivity contribution in [3.63, 3.8) is 0 Å². The first-order chi connectivity index (χ1) is 47.1. The standard InChI is InChI=1S/C41H68O17S3.C17H28O8S4.C6H10O2/c1-5-13-50-21-33(42)22-54-17-9-37(46)55-29-41(30-56-38(47)10-18-59-26-34(43)23-51-14-6-2,31-57-39(48)11-19-60-27-35(44)24-52-15-7-3)32-58-40(49)12-20-61-28-36(45)25-53-16-8-4;18-13(1-5-26)22-9-17(10-23-14(19)2-6-27,11-24-15(20)3-7-28)12-25-16(21)4-8-29;1-2-3-7-4-6-5-8-6/h5-8,33-36,42-45H,1-4,9-32H2;26-29H,1-12H2;2,6H,1,3-5H2. The lowest BCUT2D eigenvalue weighted by atomic mass is 9.92. The lowest BCUT2D eigenvalue weighted by Gasteiger charge is -2.31. The molecule has 0 radical (unpaired) electrons. The predicted octanol–water partition coefficient (Wildman–Crippen LogP) is 4.19. The SMILES string of the molecule is C=CCOCC(O)COCCC(=O)OCC(COC(=O)CCSCC(O)COCC=C)(COC(=O)CCSCC(O)COCC=C)COC(=O)CCSCC(O)COCC=C.C=CCOCC1CO1.O=C(CCS)OCC(COC(=O)CCS)(COC(=O)CCS)COC(=O)CCS. The summed E-state index contributed by atoms with van der Waals surface area (Å²) in [5.74, 6) is -1.78. The minimum Gasteiger partial charge on any atom is -0.465 e. The van der Waals surface area contributed by atoms with Crippen LogP contribution in [0.15, 0.2) is 63.3 Å². The van der Waals surface area contributed by atoms with Crippen LogP contribution in [0, 0.1) is 10.8 Å². The summed E-state index contributed by atoms with van der Waals surface area (Å²) in [5.41, 5.74) is -2.78. The first-order valence-corrected chi connectivity index (χ1v) is 37.4. The third-order valence-corrected chi connectivity index (χ3v) is 16.0. The van der Waals surface area contributed by atoms with Crippen LogP contribution in [0.1, 0.15) is 51.4 Å². The van der Waals surface area contributed by atoms with Crippen LogP contribution < -0.4 is 0 Å². The molecule has 0 spiro atoms. The Morgan fingerprint density at radius 3 is 0.867 bits per heavy atom. The maximum Gasteiger partial charge on any atom is 0.308 e. The van der Waals surface area contributed by atoms with Crippen LogP contribution in [0.4, 0.5) is 0 Å². The van der Waals surface area contributed by atoms with Crippen molar-refractivity contribution >= 4 is 134 Å². The fourth-order valence-corrected chi connectivity index (χ4v) is 9.87. The van der Waals surface area contributed by atoms with E-state index in [0.29, 0.717) is 67.0 Å². The van der Waals surface area contributed by atoms with Gasteiger partial charge in [0.25, 0.3) is 0 Å². The molecule has 0 saturated carbocycles. The van der Waals surface area contributed by atoms with Gasteiger partial charge in [-0.25, -0.2) is 0 Å². The molecular formula is C64H106O27S7. The number of hydrogen-bond donors (Lipinski definition) is 8. The number of esters is 8. The van der Waals surface area contributed by atoms with E-state index in [2.05, 4.69) is 83.4 Å². The number of rotatable bonds is 64. The molecule has 1 aliphatic rings. The highest BCUT2D eigenvalue weighted by Gasteiger charge is 2.39. The molecule has 1 heterocycles. The average Bonchev–Trinajstić information content (AvgIpc) is 1.00. The van der Waals surface area contributed by atoms with Crippen molar-refractivity contribution in [2.75, 3.05) is 196 Å². The lowest BCUT2D eigenvalue weighted by molar-refractivity contribution is -0.173. The molecule has 1 rings (SSSR count). The number of aliphatic hydroxyl groups excluding tert-OH is 4. The molecule has 0 aromatic heterocycles. The first kappa shape index (κ1) is 96.5. The summed E-state index contributed by atoms with van der Waals surface area (Å²) in [6.07, 6.45) is 5.07. The van der Waals surface area contributed by atoms with E-state index in [9.17, 15) is 58.8 Å². The number of thioether (sulfide) groups is 3. The second kappa shape index (κ2) is 66.7. The van der Waals surface area contributed by atoms with Gasteiger partial charge >= 0.3 is 47.8 Å². The number of carbonyl (C=O) groups excluding carboxylic acids is 8. The Balaban J connectivity index is 0. The molecule has 0 aromatic carbocycles. The number of aliphatic hydroxyl groups is 4. The topological polar surface area (TPSA) is 359 Å². The Labute approximate surface area is 611 Å². The quantitative estimate of drug-likeness (QED) is 0.0106. The molecule has 0 aromatic rings. The number of hydrogen-bond acceptors (Lipinski definition) is 34. The van der Waals surface area contributed by atoms with E-state index in [-0.39, 0.29) is 147 Å². The highest BCUT2D eigenvalue weighted by atomic mass is 32.2. The first-order valence-electron chi connectivity index (χ1n) is 31.4. The van der Waals surface area contributed by atoms with Crippen molar-refractivity contribution in [1.29, 1.82) is 0 Å². The van der Waals surface area contributed by atoms with Crippen molar-refractivity contribution in [1.82, 2.24) is 0 Å².